The molecule has 2 nitrogen and oxygen atoms in total. The van der Waals surface area contributed by atoms with Gasteiger partial charge >= 0.3 is 0 Å². The third kappa shape index (κ3) is 5.81. The quantitative estimate of drug-likeness (QED) is 0.265. The Morgan fingerprint density at radius 2 is 1.43 bits per heavy atom. The molecular weight excluding hydrogens is 617 g/mol. The van der Waals surface area contributed by atoms with Crippen LogP contribution in [0.5, 0.6) is 0 Å². The minimum absolute atomic E-state index is 0.535. The summed E-state index contributed by atoms with van der Waals surface area (Å²) in [6.45, 7) is 8.03. The first-order chi connectivity index (χ1) is 25.0. The van der Waals surface area contributed by atoms with Crippen LogP contribution in [0.15, 0.2) is 36.0 Å². The second-order valence-corrected chi connectivity index (χ2v) is 21.3. The molecule has 2 heteroatoms. The second-order valence-electron chi connectivity index (χ2n) is 21.3. The van der Waals surface area contributed by atoms with Crippen molar-refractivity contribution in [3.63, 3.8) is 0 Å². The lowest BCUT2D eigenvalue weighted by Gasteiger charge is -2.46. The molecular formula is C49H76N2. The highest BCUT2D eigenvalue weighted by Gasteiger charge is 2.60. The van der Waals surface area contributed by atoms with E-state index in [9.17, 15) is 0 Å². The summed E-state index contributed by atoms with van der Waals surface area (Å²) in [4.78, 5) is 6.50. The van der Waals surface area contributed by atoms with Crippen LogP contribution in [0.4, 0.5) is 0 Å². The van der Waals surface area contributed by atoms with Gasteiger partial charge in [-0.25, -0.2) is 0 Å². The van der Waals surface area contributed by atoms with Gasteiger partial charge in [-0.15, -0.1) is 0 Å². The number of rotatable bonds is 5. The van der Waals surface area contributed by atoms with Crippen molar-refractivity contribution < 1.29 is 0 Å². The van der Waals surface area contributed by atoms with Crippen LogP contribution in [0.3, 0.4) is 0 Å². The molecule has 2 heterocycles. The summed E-state index contributed by atoms with van der Waals surface area (Å²) in [5.41, 5.74) is 2.23. The molecule has 0 aromatic carbocycles. The summed E-state index contributed by atoms with van der Waals surface area (Å²) < 4.78 is 0. The maximum atomic E-state index is 3.26. The maximum Gasteiger partial charge on any atom is 0.0321 e. The Morgan fingerprint density at radius 3 is 2.27 bits per heavy atom. The van der Waals surface area contributed by atoms with Gasteiger partial charge < -0.3 is 0 Å². The lowest BCUT2D eigenvalue weighted by molar-refractivity contribution is 0.0457. The number of allylic oxidation sites excluding steroid dienone is 4. The normalized spacial score (nSPS) is 50.9. The first kappa shape index (κ1) is 34.6. The summed E-state index contributed by atoms with van der Waals surface area (Å²) in [5.74, 6) is 8.89. The van der Waals surface area contributed by atoms with Crippen molar-refractivity contribution in [3.8, 4) is 0 Å². The number of fused-ring (bicyclic) bond motifs is 6. The molecule has 7 fully saturated rings. The second kappa shape index (κ2) is 14.0. The van der Waals surface area contributed by atoms with Gasteiger partial charge in [0.1, 0.15) is 0 Å². The smallest absolute Gasteiger partial charge is 0.0321 e. The lowest BCUT2D eigenvalue weighted by Crippen LogP contribution is -2.49. The van der Waals surface area contributed by atoms with Crippen molar-refractivity contribution in [2.75, 3.05) is 0 Å². The van der Waals surface area contributed by atoms with E-state index in [1.807, 2.05) is 0 Å². The molecule has 15 atom stereocenters. The summed E-state index contributed by atoms with van der Waals surface area (Å²) in [7, 11) is 0. The van der Waals surface area contributed by atoms with E-state index in [0.29, 0.717) is 11.5 Å². The first-order valence-electron chi connectivity index (χ1n) is 23.6. The van der Waals surface area contributed by atoms with Crippen LogP contribution in [0, 0.1) is 64.6 Å². The van der Waals surface area contributed by atoms with Crippen LogP contribution < -0.4 is 0 Å². The van der Waals surface area contributed by atoms with Gasteiger partial charge in [0.2, 0.25) is 0 Å². The molecule has 0 aromatic rings. The van der Waals surface area contributed by atoms with Crippen LogP contribution in [0.1, 0.15) is 168 Å². The minimum Gasteiger partial charge on any atom is -0.294 e. The van der Waals surface area contributed by atoms with E-state index < -0.39 is 0 Å². The average molecular weight is 693 g/mol. The minimum atomic E-state index is 0.535. The van der Waals surface area contributed by atoms with Gasteiger partial charge in [0.25, 0.3) is 0 Å². The summed E-state index contributed by atoms with van der Waals surface area (Å²) in [6.07, 6.45) is 48.0. The van der Waals surface area contributed by atoms with Gasteiger partial charge in [-0.3, -0.25) is 9.80 Å². The summed E-state index contributed by atoms with van der Waals surface area (Å²) in [5, 5.41) is 0. The molecule has 282 valence electrons. The largest absolute Gasteiger partial charge is 0.294 e. The van der Waals surface area contributed by atoms with E-state index in [0.717, 1.165) is 89.4 Å². The first-order valence-corrected chi connectivity index (χ1v) is 23.6. The molecule has 2 saturated heterocycles. The Hall–Kier alpha value is -0.860. The number of likely N-dealkylation sites (tertiary alicyclic amines) is 2. The molecule has 0 bridgehead atoms. The van der Waals surface area contributed by atoms with Gasteiger partial charge in [-0.2, -0.15) is 0 Å². The van der Waals surface area contributed by atoms with Gasteiger partial charge in [-0.05, 0) is 174 Å². The van der Waals surface area contributed by atoms with Crippen molar-refractivity contribution in [1.82, 2.24) is 9.80 Å². The summed E-state index contributed by atoms with van der Waals surface area (Å²) >= 11 is 0. The highest BCUT2D eigenvalue weighted by atomic mass is 15.3. The average Bonchev–Trinajstić information content (AvgIpc) is 3.95. The molecule has 2 aliphatic heterocycles. The predicted octanol–water partition coefficient (Wildman–Crippen LogP) is 12.2. The van der Waals surface area contributed by atoms with Crippen molar-refractivity contribution in [2.24, 2.45) is 64.6 Å². The van der Waals surface area contributed by atoms with Gasteiger partial charge in [0.05, 0.1) is 0 Å². The third-order valence-corrected chi connectivity index (χ3v) is 19.2. The van der Waals surface area contributed by atoms with E-state index in [1.54, 1.807) is 18.4 Å². The van der Waals surface area contributed by atoms with Crippen molar-refractivity contribution in [1.29, 1.82) is 0 Å². The summed E-state index contributed by atoms with van der Waals surface area (Å²) in [6, 6.07) is 5.05. The number of nitrogens with zero attached hydrogens (tertiary/aromatic N) is 2. The highest BCUT2D eigenvalue weighted by Crippen LogP contribution is 2.62. The Labute approximate surface area is 314 Å². The SMILES string of the molecule is CC1=CC(C2CC(N3C4C=CC(C5CCC6C(C5)C5CCCCC5N6C5CCCCC5)C(C)C4C4C=CCCC43)CC2(C)C2CCCC2)CCC1. The molecule has 8 aliphatic carbocycles. The maximum absolute atomic E-state index is 3.26. The zero-order valence-corrected chi connectivity index (χ0v) is 33.3. The van der Waals surface area contributed by atoms with Gasteiger partial charge in [0.15, 0.2) is 0 Å². The Balaban J connectivity index is 0.913. The molecule has 0 spiro atoms. The standard InChI is InChI=1S/C49H76N2/c1-32-14-13-15-35(28-32)43-30-38(31-49(43,3)36-16-7-8-17-36)51-45-23-12-10-21-41(45)48-33(2)39(25-27-47(48)51)34-24-26-46-42(29-34)40-20-9-11-22-44(40)50(46)37-18-5-4-6-19-37/h10,21,25,27-28,33-48H,4-9,11-20,22-24,26,29-31H2,1-3H3. The van der Waals surface area contributed by atoms with E-state index in [1.165, 1.54) is 135 Å². The Kier molecular flexibility index (Phi) is 9.51. The predicted molar refractivity (Wildman–Crippen MR) is 213 cm³/mol. The molecule has 51 heavy (non-hydrogen) atoms. The van der Waals surface area contributed by atoms with Crippen molar-refractivity contribution in [3.05, 3.63) is 36.0 Å². The van der Waals surface area contributed by atoms with Crippen LogP contribution in [0.2, 0.25) is 0 Å². The van der Waals surface area contributed by atoms with Crippen LogP contribution in [0.25, 0.3) is 0 Å². The molecule has 15 unspecified atom stereocenters. The third-order valence-electron chi connectivity index (χ3n) is 19.2. The van der Waals surface area contributed by atoms with E-state index in [-0.39, 0.29) is 0 Å². The fourth-order valence-electron chi connectivity index (χ4n) is 17.2. The molecule has 0 aromatic heterocycles. The van der Waals surface area contributed by atoms with Gasteiger partial charge in [0, 0.05) is 36.3 Å². The molecule has 0 N–H and O–H groups in total. The number of hydrogen-bond donors (Lipinski definition) is 0. The fraction of sp³-hybridized carbons (Fsp3) is 0.878. The monoisotopic (exact) mass is 693 g/mol. The van der Waals surface area contributed by atoms with Crippen molar-refractivity contribution in [2.45, 2.75) is 205 Å². The van der Waals surface area contributed by atoms with Crippen molar-refractivity contribution >= 4 is 0 Å². The molecule has 5 saturated carbocycles. The number of hydrogen-bond acceptors (Lipinski definition) is 2. The zero-order chi connectivity index (χ0) is 34.3. The Bertz CT molecular complexity index is 1330. The van der Waals surface area contributed by atoms with Gasteiger partial charge in [-0.1, -0.05) is 94.7 Å². The molecule has 10 aliphatic rings. The zero-order valence-electron chi connectivity index (χ0n) is 33.3. The highest BCUT2D eigenvalue weighted by molar-refractivity contribution is 5.24. The molecule has 0 radical (unpaired) electrons. The molecule has 10 rings (SSSR count). The lowest BCUT2D eigenvalue weighted by atomic mass is 9.60. The van der Waals surface area contributed by atoms with Crippen LogP contribution >= 0.6 is 0 Å². The van der Waals surface area contributed by atoms with Crippen LogP contribution in [-0.2, 0) is 0 Å². The Morgan fingerprint density at radius 1 is 0.647 bits per heavy atom. The van der Waals surface area contributed by atoms with E-state index in [2.05, 4.69) is 61.0 Å². The molecule has 0 amide bonds. The van der Waals surface area contributed by atoms with Crippen LogP contribution in [-0.4, -0.2) is 46.1 Å². The van der Waals surface area contributed by atoms with E-state index in [4.69, 9.17) is 0 Å². The fourth-order valence-corrected chi connectivity index (χ4v) is 17.2. The van der Waals surface area contributed by atoms with E-state index >= 15 is 0 Å². The topological polar surface area (TPSA) is 6.48 Å².